The van der Waals surface area contributed by atoms with Crippen molar-refractivity contribution in [1.29, 1.82) is 0 Å². The number of rotatable bonds is 7. The van der Waals surface area contributed by atoms with Gasteiger partial charge in [-0.05, 0) is 95.8 Å². The Kier molecular flexibility index (Phi) is 8.11. The fourth-order valence-electron chi connectivity index (χ4n) is 5.35. The summed E-state index contributed by atoms with van der Waals surface area (Å²) in [7, 11) is 0. The zero-order valence-corrected chi connectivity index (χ0v) is 25.4. The fraction of sp³-hybridized carbons (Fsp3) is 0.355. The highest BCUT2D eigenvalue weighted by Crippen LogP contribution is 2.47. The van der Waals surface area contributed by atoms with E-state index in [1.54, 1.807) is 0 Å². The Bertz CT molecular complexity index is 1240. The topological polar surface area (TPSA) is 6.25 Å². The summed E-state index contributed by atoms with van der Waals surface area (Å²) in [6.45, 7) is 11.4. The minimum Gasteiger partial charge on any atom is -0.335 e. The van der Waals surface area contributed by atoms with Crippen LogP contribution in [-0.2, 0) is 0 Å². The summed E-state index contributed by atoms with van der Waals surface area (Å²) in [5.41, 5.74) is 4.54. The van der Waals surface area contributed by atoms with Crippen LogP contribution in [0.25, 0.3) is 0 Å². The van der Waals surface area contributed by atoms with Crippen molar-refractivity contribution < 1.29 is 0 Å². The number of thioether (sulfide) groups is 2. The van der Waals surface area contributed by atoms with Gasteiger partial charge in [-0.3, -0.25) is 4.90 Å². The van der Waals surface area contributed by atoms with E-state index in [4.69, 9.17) is 0 Å². The molecule has 1 aliphatic carbocycles. The molecule has 0 amide bonds. The quantitative estimate of drug-likeness (QED) is 0.223. The minimum atomic E-state index is 0.282. The lowest BCUT2D eigenvalue weighted by Gasteiger charge is -2.30. The second-order valence-corrected chi connectivity index (χ2v) is 13.8. The summed E-state index contributed by atoms with van der Waals surface area (Å²) >= 11 is 6.35. The maximum absolute atomic E-state index is 2.60. The molecule has 5 rings (SSSR count). The summed E-state index contributed by atoms with van der Waals surface area (Å²) in [5.74, 6) is 0. The Labute approximate surface area is 239 Å². The lowest BCUT2D eigenvalue weighted by Crippen LogP contribution is -2.17. The first-order valence-electron chi connectivity index (χ1n) is 12.9. The number of benzene rings is 2. The van der Waals surface area contributed by atoms with Crippen LogP contribution < -0.4 is 4.90 Å². The van der Waals surface area contributed by atoms with Crippen molar-refractivity contribution in [3.05, 3.63) is 98.7 Å². The van der Waals surface area contributed by atoms with Gasteiger partial charge in [-0.15, -0.1) is 11.8 Å². The largest absolute Gasteiger partial charge is 0.335 e. The van der Waals surface area contributed by atoms with E-state index in [1.165, 1.54) is 35.2 Å². The molecule has 0 bridgehead atoms. The smallest absolute Gasteiger partial charge is 0.0805 e. The lowest BCUT2D eigenvalue weighted by atomic mass is 9.75. The van der Waals surface area contributed by atoms with Gasteiger partial charge in [0.05, 0.1) is 22.1 Å². The van der Waals surface area contributed by atoms with Crippen molar-refractivity contribution in [3.63, 3.8) is 0 Å². The highest BCUT2D eigenvalue weighted by atomic mass is 127. The molecule has 2 nitrogen and oxygen atoms in total. The highest BCUT2D eigenvalue weighted by Gasteiger charge is 2.46. The molecule has 0 saturated carbocycles. The van der Waals surface area contributed by atoms with E-state index in [2.05, 4.69) is 139 Å². The average molecular weight is 627 g/mol. The predicted molar refractivity (Wildman–Crippen MR) is 167 cm³/mol. The maximum Gasteiger partial charge on any atom is 0.0805 e. The number of likely N-dealkylation sites (N-methyl/N-ethyl adjacent to an activating group) is 1. The molecule has 1 fully saturated rings. The molecule has 2 heterocycles. The summed E-state index contributed by atoms with van der Waals surface area (Å²) < 4.78 is 1.35. The molecule has 3 atom stereocenters. The first kappa shape index (κ1) is 26.2. The number of para-hydroxylation sites is 1. The number of nitrogens with zero attached hydrogens (tertiary/aromatic N) is 2. The Morgan fingerprint density at radius 2 is 1.83 bits per heavy atom. The van der Waals surface area contributed by atoms with Crippen LogP contribution in [0.2, 0.25) is 0 Å². The van der Waals surface area contributed by atoms with Gasteiger partial charge < -0.3 is 4.90 Å². The van der Waals surface area contributed by atoms with E-state index < -0.39 is 0 Å². The third-order valence-corrected chi connectivity index (χ3v) is 10.8. The van der Waals surface area contributed by atoms with Gasteiger partial charge in [-0.1, -0.05) is 81.1 Å². The van der Waals surface area contributed by atoms with E-state index in [0.717, 1.165) is 25.9 Å². The van der Waals surface area contributed by atoms with Crippen molar-refractivity contribution in [3.8, 4) is 0 Å². The molecular weight excluding hydrogens is 591 g/mol. The molecule has 2 aromatic rings. The maximum atomic E-state index is 2.60. The molecule has 0 aromatic heterocycles. The molecule has 3 unspecified atom stereocenters. The van der Waals surface area contributed by atoms with E-state index in [0.29, 0.717) is 11.4 Å². The molecule has 2 aromatic carbocycles. The Morgan fingerprint density at radius 3 is 2.61 bits per heavy atom. The molecule has 36 heavy (non-hydrogen) atoms. The number of halogens is 1. The molecule has 0 N–H and O–H groups in total. The van der Waals surface area contributed by atoms with Crippen LogP contribution in [0.15, 0.2) is 105 Å². The second-order valence-electron chi connectivity index (χ2n) is 10.4. The van der Waals surface area contributed by atoms with Gasteiger partial charge in [-0.2, -0.15) is 0 Å². The van der Waals surface area contributed by atoms with Gasteiger partial charge in [0, 0.05) is 19.9 Å². The average Bonchev–Trinajstić information content (AvgIpc) is 3.35. The van der Waals surface area contributed by atoms with Gasteiger partial charge in [-0.25, -0.2) is 0 Å². The summed E-state index contributed by atoms with van der Waals surface area (Å²) in [4.78, 5) is 7.76. The van der Waals surface area contributed by atoms with Crippen molar-refractivity contribution >= 4 is 51.8 Å². The number of anilines is 1. The Hall–Kier alpha value is -1.41. The van der Waals surface area contributed by atoms with E-state index in [1.807, 2.05) is 23.5 Å². The normalized spacial score (nSPS) is 27.1. The fourth-order valence-corrected chi connectivity index (χ4v) is 8.58. The van der Waals surface area contributed by atoms with Gasteiger partial charge in [0.1, 0.15) is 0 Å². The van der Waals surface area contributed by atoms with Gasteiger partial charge in [0.15, 0.2) is 0 Å². The van der Waals surface area contributed by atoms with Crippen molar-refractivity contribution in [2.75, 3.05) is 18.0 Å². The van der Waals surface area contributed by atoms with Gasteiger partial charge in [0.25, 0.3) is 0 Å². The van der Waals surface area contributed by atoms with Crippen LogP contribution in [-0.4, -0.2) is 29.4 Å². The summed E-state index contributed by atoms with van der Waals surface area (Å²) in [6, 6.07) is 18.0. The van der Waals surface area contributed by atoms with Crippen LogP contribution in [0.5, 0.6) is 0 Å². The Balaban J connectivity index is 1.32. The van der Waals surface area contributed by atoms with Crippen LogP contribution >= 0.6 is 46.1 Å². The number of hydrogen-bond acceptors (Lipinski definition) is 4. The zero-order chi connectivity index (χ0) is 25.3. The van der Waals surface area contributed by atoms with Crippen LogP contribution in [0.1, 0.15) is 40.5 Å². The minimum absolute atomic E-state index is 0.282. The summed E-state index contributed by atoms with van der Waals surface area (Å²) in [6.07, 6.45) is 14.1. The van der Waals surface area contributed by atoms with E-state index in [-0.39, 0.29) is 5.41 Å². The second kappa shape index (κ2) is 11.1. The molecule has 0 radical (unpaired) electrons. The van der Waals surface area contributed by atoms with E-state index >= 15 is 0 Å². The standard InChI is InChI=1S/C31H35IN2S2/c1-5-33-25-14-8-10-16-28(25)35-29(33)17-11-12-22-18-23(21-31(3,4)20-22)19-26-30(34(26)6-2)36-27-15-9-7-13-24(27)32/h7-19,26,30H,5-6,20-21H2,1-4H3/b12-11+,23-19-,29-17-. The molecular formula is C31H35IN2S2. The Morgan fingerprint density at radius 1 is 1.06 bits per heavy atom. The zero-order valence-electron chi connectivity index (χ0n) is 21.6. The van der Waals surface area contributed by atoms with Crippen LogP contribution in [0, 0.1) is 8.99 Å². The SMILES string of the molecule is CCN1/C(=C/C=C/C2=CC(=C/C3C(Sc4ccccc4I)N3CC)/CC(C)(C)C2)Sc2ccccc21. The number of hydrogen-bond donors (Lipinski definition) is 0. The lowest BCUT2D eigenvalue weighted by molar-refractivity contribution is 0.354. The first-order chi connectivity index (χ1) is 17.4. The van der Waals surface area contributed by atoms with Crippen LogP contribution in [0.3, 0.4) is 0 Å². The van der Waals surface area contributed by atoms with Crippen LogP contribution in [0.4, 0.5) is 5.69 Å². The molecule has 5 heteroatoms. The number of allylic oxidation sites excluding steroid dienone is 6. The number of fused-ring (bicyclic) bond motifs is 1. The molecule has 1 saturated heterocycles. The van der Waals surface area contributed by atoms with Gasteiger partial charge >= 0.3 is 0 Å². The summed E-state index contributed by atoms with van der Waals surface area (Å²) in [5, 5.41) is 1.86. The van der Waals surface area contributed by atoms with Crippen molar-refractivity contribution in [1.82, 2.24) is 4.90 Å². The molecule has 0 spiro atoms. The third-order valence-electron chi connectivity index (χ3n) is 6.98. The predicted octanol–water partition coefficient (Wildman–Crippen LogP) is 9.12. The highest BCUT2D eigenvalue weighted by molar-refractivity contribution is 14.1. The molecule has 188 valence electrons. The van der Waals surface area contributed by atoms with Gasteiger partial charge in [0.2, 0.25) is 0 Å². The third kappa shape index (κ3) is 5.85. The molecule has 2 aliphatic heterocycles. The monoisotopic (exact) mass is 626 g/mol. The first-order valence-corrected chi connectivity index (χ1v) is 15.7. The van der Waals surface area contributed by atoms with Crippen molar-refractivity contribution in [2.45, 2.75) is 61.7 Å². The van der Waals surface area contributed by atoms with E-state index in [9.17, 15) is 0 Å². The van der Waals surface area contributed by atoms with Crippen molar-refractivity contribution in [2.24, 2.45) is 5.41 Å². The molecule has 3 aliphatic rings.